The predicted molar refractivity (Wildman–Crippen MR) is 73.0 cm³/mol. The Balaban J connectivity index is 2.90. The Bertz CT molecular complexity index is 535. The lowest BCUT2D eigenvalue weighted by atomic mass is 10.1. The first-order valence-corrected chi connectivity index (χ1v) is 5.95. The van der Waals surface area contributed by atoms with Crippen LogP contribution in [0.25, 0.3) is 6.08 Å². The summed E-state index contributed by atoms with van der Waals surface area (Å²) in [5.74, 6) is -1.79. The highest BCUT2D eigenvalue weighted by Gasteiger charge is 2.14. The third-order valence-electron chi connectivity index (χ3n) is 2.46. The number of carbonyl (C=O) groups is 2. The Morgan fingerprint density at radius 3 is 2.14 bits per heavy atom. The van der Waals surface area contributed by atoms with E-state index in [0.717, 1.165) is 6.08 Å². The van der Waals surface area contributed by atoms with E-state index in [1.807, 2.05) is 0 Å². The number of ether oxygens (including phenoxy) is 3. The van der Waals surface area contributed by atoms with E-state index in [2.05, 4.69) is 4.74 Å². The molecule has 1 aromatic rings. The Morgan fingerprint density at radius 2 is 1.71 bits per heavy atom. The summed E-state index contributed by atoms with van der Waals surface area (Å²) >= 11 is 0. The molecule has 114 valence electrons. The van der Waals surface area contributed by atoms with Crippen molar-refractivity contribution in [2.75, 3.05) is 14.2 Å². The zero-order valence-corrected chi connectivity index (χ0v) is 11.8. The van der Waals surface area contributed by atoms with Crippen molar-refractivity contribution in [1.29, 1.82) is 0 Å². The van der Waals surface area contributed by atoms with Crippen molar-refractivity contribution >= 4 is 18.0 Å². The van der Waals surface area contributed by atoms with Crippen LogP contribution in [0.2, 0.25) is 0 Å². The summed E-state index contributed by atoms with van der Waals surface area (Å²) in [6, 6.07) is 2.94. The van der Waals surface area contributed by atoms with Crippen molar-refractivity contribution in [1.82, 2.24) is 0 Å². The molecule has 1 atom stereocenters. The highest BCUT2D eigenvalue weighted by molar-refractivity contribution is 5.95. The largest absolute Gasteiger partial charge is 0.502 e. The van der Waals surface area contributed by atoms with Crippen LogP contribution in [0.5, 0.6) is 17.2 Å². The molecule has 0 saturated heterocycles. The molecule has 0 aliphatic carbocycles. The van der Waals surface area contributed by atoms with E-state index in [4.69, 9.17) is 14.6 Å². The van der Waals surface area contributed by atoms with Crippen LogP contribution in [0, 0.1) is 0 Å². The number of benzene rings is 1. The van der Waals surface area contributed by atoms with Gasteiger partial charge in [0.25, 0.3) is 0 Å². The minimum atomic E-state index is -1.38. The van der Waals surface area contributed by atoms with Gasteiger partial charge >= 0.3 is 11.9 Å². The molecule has 7 nitrogen and oxygen atoms in total. The third kappa shape index (κ3) is 4.50. The normalized spacial score (nSPS) is 12.0. The number of aliphatic hydroxyl groups excluding tert-OH is 1. The fourth-order valence-electron chi connectivity index (χ4n) is 1.39. The van der Waals surface area contributed by atoms with E-state index in [1.165, 1.54) is 39.4 Å². The second-order valence-electron chi connectivity index (χ2n) is 4.02. The summed E-state index contributed by atoms with van der Waals surface area (Å²) < 4.78 is 14.3. The summed E-state index contributed by atoms with van der Waals surface area (Å²) in [6.45, 7) is 1.19. The molecule has 0 aliphatic rings. The third-order valence-corrected chi connectivity index (χ3v) is 2.46. The van der Waals surface area contributed by atoms with Crippen LogP contribution >= 0.6 is 0 Å². The summed E-state index contributed by atoms with van der Waals surface area (Å²) in [6.07, 6.45) is 0.976. The number of hydrogen-bond acceptors (Lipinski definition) is 7. The molecule has 7 heteroatoms. The Kier molecular flexibility index (Phi) is 5.74. The van der Waals surface area contributed by atoms with Gasteiger partial charge in [-0.3, -0.25) is 0 Å². The van der Waals surface area contributed by atoms with Gasteiger partial charge in [-0.25, -0.2) is 9.59 Å². The van der Waals surface area contributed by atoms with E-state index >= 15 is 0 Å². The quantitative estimate of drug-likeness (QED) is 0.472. The molecule has 0 saturated carbocycles. The second kappa shape index (κ2) is 7.30. The van der Waals surface area contributed by atoms with E-state index < -0.39 is 18.0 Å². The molecule has 0 spiro atoms. The van der Waals surface area contributed by atoms with Crippen molar-refractivity contribution < 1.29 is 34.0 Å². The van der Waals surface area contributed by atoms with E-state index in [1.54, 1.807) is 0 Å². The maximum absolute atomic E-state index is 11.4. The van der Waals surface area contributed by atoms with Crippen molar-refractivity contribution in [3.63, 3.8) is 0 Å². The standard InChI is InChI=1S/C14H16O7/c1-8(15)14(18)21-12(16)5-4-9-6-10(19-2)13(17)11(7-9)20-3/h4-8,15,17H,1-3H3. The summed E-state index contributed by atoms with van der Waals surface area (Å²) in [7, 11) is 2.75. The van der Waals surface area contributed by atoms with Gasteiger partial charge in [0.1, 0.15) is 6.10 Å². The number of phenolic OH excluding ortho intramolecular Hbond substituents is 1. The Hall–Kier alpha value is -2.54. The van der Waals surface area contributed by atoms with Crippen LogP contribution in [-0.2, 0) is 14.3 Å². The van der Waals surface area contributed by atoms with Crippen molar-refractivity contribution in [2.45, 2.75) is 13.0 Å². The average molecular weight is 296 g/mol. The van der Waals surface area contributed by atoms with Crippen molar-refractivity contribution in [3.05, 3.63) is 23.8 Å². The van der Waals surface area contributed by atoms with Gasteiger partial charge in [0.2, 0.25) is 5.75 Å². The molecule has 21 heavy (non-hydrogen) atoms. The van der Waals surface area contributed by atoms with Gasteiger partial charge in [0, 0.05) is 6.08 Å². The molecule has 0 fully saturated rings. The SMILES string of the molecule is COc1cc(C=CC(=O)OC(=O)C(C)O)cc(OC)c1O. The maximum Gasteiger partial charge on any atom is 0.342 e. The molecule has 0 bridgehead atoms. The van der Waals surface area contributed by atoms with Crippen molar-refractivity contribution in [2.24, 2.45) is 0 Å². The molecule has 0 amide bonds. The van der Waals surface area contributed by atoms with Crippen LogP contribution in [0.1, 0.15) is 12.5 Å². The van der Waals surface area contributed by atoms with Gasteiger partial charge in [0.05, 0.1) is 14.2 Å². The van der Waals surface area contributed by atoms with Crippen LogP contribution in [0.4, 0.5) is 0 Å². The molecule has 2 N–H and O–H groups in total. The number of hydrogen-bond donors (Lipinski definition) is 2. The smallest absolute Gasteiger partial charge is 0.342 e. The molecule has 0 heterocycles. The minimum Gasteiger partial charge on any atom is -0.502 e. The molecular weight excluding hydrogens is 280 g/mol. The van der Waals surface area contributed by atoms with Gasteiger partial charge < -0.3 is 24.4 Å². The lowest BCUT2D eigenvalue weighted by Gasteiger charge is -2.09. The molecular formula is C14H16O7. The predicted octanol–water partition coefficient (Wildman–Crippen LogP) is 0.873. The van der Waals surface area contributed by atoms with Crippen LogP contribution < -0.4 is 9.47 Å². The monoisotopic (exact) mass is 296 g/mol. The van der Waals surface area contributed by atoms with Crippen LogP contribution in [0.15, 0.2) is 18.2 Å². The minimum absolute atomic E-state index is 0.163. The number of aromatic hydroxyl groups is 1. The first-order chi connectivity index (χ1) is 9.88. The van der Waals surface area contributed by atoms with Gasteiger partial charge in [-0.2, -0.15) is 0 Å². The lowest BCUT2D eigenvalue weighted by molar-refractivity contribution is -0.162. The topological polar surface area (TPSA) is 102 Å². The average Bonchev–Trinajstić information content (AvgIpc) is 2.45. The number of aliphatic hydroxyl groups is 1. The van der Waals surface area contributed by atoms with Crippen LogP contribution in [-0.4, -0.2) is 42.5 Å². The number of carbonyl (C=O) groups excluding carboxylic acids is 2. The molecule has 0 aromatic heterocycles. The highest BCUT2D eigenvalue weighted by atomic mass is 16.6. The molecule has 1 unspecified atom stereocenters. The number of rotatable bonds is 5. The van der Waals surface area contributed by atoms with Gasteiger partial charge in [-0.1, -0.05) is 0 Å². The zero-order chi connectivity index (χ0) is 16.0. The lowest BCUT2D eigenvalue weighted by Crippen LogP contribution is -2.21. The van der Waals surface area contributed by atoms with E-state index in [-0.39, 0.29) is 17.2 Å². The van der Waals surface area contributed by atoms with E-state index in [0.29, 0.717) is 5.56 Å². The zero-order valence-electron chi connectivity index (χ0n) is 11.8. The summed E-state index contributed by atoms with van der Waals surface area (Å²) in [4.78, 5) is 22.4. The van der Waals surface area contributed by atoms with Gasteiger partial charge in [0.15, 0.2) is 11.5 Å². The first-order valence-electron chi connectivity index (χ1n) is 5.95. The summed E-state index contributed by atoms with van der Waals surface area (Å²) in [5.41, 5.74) is 0.489. The molecule has 0 aliphatic heterocycles. The highest BCUT2D eigenvalue weighted by Crippen LogP contribution is 2.37. The van der Waals surface area contributed by atoms with Gasteiger partial charge in [-0.05, 0) is 30.7 Å². The number of esters is 2. The van der Waals surface area contributed by atoms with Gasteiger partial charge in [-0.15, -0.1) is 0 Å². The Morgan fingerprint density at radius 1 is 1.19 bits per heavy atom. The summed E-state index contributed by atoms with van der Waals surface area (Å²) in [5, 5.41) is 18.6. The second-order valence-corrected chi connectivity index (χ2v) is 4.02. The molecule has 1 aromatic carbocycles. The maximum atomic E-state index is 11.4. The van der Waals surface area contributed by atoms with E-state index in [9.17, 15) is 14.7 Å². The van der Waals surface area contributed by atoms with Crippen molar-refractivity contribution in [3.8, 4) is 17.2 Å². The molecule has 0 radical (unpaired) electrons. The Labute approximate surface area is 121 Å². The fraction of sp³-hybridized carbons (Fsp3) is 0.286. The first kappa shape index (κ1) is 16.5. The molecule has 1 rings (SSSR count). The number of phenols is 1. The van der Waals surface area contributed by atoms with Crippen LogP contribution in [0.3, 0.4) is 0 Å². The number of methoxy groups -OCH3 is 2. The fourth-order valence-corrected chi connectivity index (χ4v) is 1.39.